The molecule has 4 rings (SSSR count). The molecule has 3 aromatic rings. The van der Waals surface area contributed by atoms with Gasteiger partial charge in [-0.05, 0) is 24.3 Å². The van der Waals surface area contributed by atoms with E-state index in [0.717, 1.165) is 5.69 Å². The molecule has 0 aliphatic carbocycles. The van der Waals surface area contributed by atoms with Gasteiger partial charge in [0.1, 0.15) is 17.1 Å². The van der Waals surface area contributed by atoms with Gasteiger partial charge in [0.15, 0.2) is 0 Å². The number of nitrogens with one attached hydrogen (secondary N) is 1. The standard InChI is InChI=1S/C16H13N5O3/c22-16(12-4-3-10(8-18-12)15-19-9-24-21-15)20-11-5-7-23-13-2-1-6-17-14(11)13/h1-4,6,8-9,11H,5,7H2,(H,20,22). The zero-order valence-corrected chi connectivity index (χ0v) is 12.5. The van der Waals surface area contributed by atoms with Crippen LogP contribution >= 0.6 is 0 Å². The monoisotopic (exact) mass is 323 g/mol. The number of nitrogens with zero attached hydrogens (tertiary/aromatic N) is 4. The van der Waals surface area contributed by atoms with Gasteiger partial charge in [0.2, 0.25) is 12.2 Å². The van der Waals surface area contributed by atoms with Crippen LogP contribution in [0.2, 0.25) is 0 Å². The van der Waals surface area contributed by atoms with Gasteiger partial charge in [0.05, 0.1) is 12.6 Å². The summed E-state index contributed by atoms with van der Waals surface area (Å²) in [6, 6.07) is 6.81. The summed E-state index contributed by atoms with van der Waals surface area (Å²) in [6.07, 6.45) is 5.13. The fourth-order valence-corrected chi connectivity index (χ4v) is 2.54. The summed E-state index contributed by atoms with van der Waals surface area (Å²) < 4.78 is 10.2. The van der Waals surface area contributed by atoms with Crippen molar-refractivity contribution in [1.82, 2.24) is 25.4 Å². The van der Waals surface area contributed by atoms with E-state index in [0.29, 0.717) is 35.9 Å². The van der Waals surface area contributed by atoms with E-state index in [1.807, 2.05) is 6.07 Å². The normalized spacial score (nSPS) is 16.1. The van der Waals surface area contributed by atoms with E-state index in [-0.39, 0.29) is 11.9 Å². The van der Waals surface area contributed by atoms with E-state index >= 15 is 0 Å². The van der Waals surface area contributed by atoms with Crippen molar-refractivity contribution in [3.8, 4) is 17.1 Å². The summed E-state index contributed by atoms with van der Waals surface area (Å²) in [5, 5.41) is 6.68. The largest absolute Gasteiger partial charge is 0.491 e. The minimum atomic E-state index is -0.266. The maximum absolute atomic E-state index is 12.4. The second kappa shape index (κ2) is 6.07. The summed E-state index contributed by atoms with van der Waals surface area (Å²) in [5.41, 5.74) is 1.73. The molecule has 0 bridgehead atoms. The number of hydrogen-bond acceptors (Lipinski definition) is 7. The van der Waals surface area contributed by atoms with Crippen LogP contribution < -0.4 is 10.1 Å². The summed E-state index contributed by atoms with van der Waals surface area (Å²) in [6.45, 7) is 0.536. The van der Waals surface area contributed by atoms with Crippen LogP contribution in [0.1, 0.15) is 28.6 Å². The molecule has 120 valence electrons. The first-order valence-electron chi connectivity index (χ1n) is 7.42. The predicted octanol–water partition coefficient (Wildman–Crippen LogP) is 1.78. The molecule has 8 nitrogen and oxygen atoms in total. The first kappa shape index (κ1) is 14.3. The Labute approximate surface area is 136 Å². The van der Waals surface area contributed by atoms with E-state index in [9.17, 15) is 4.79 Å². The van der Waals surface area contributed by atoms with E-state index in [2.05, 4.69) is 25.4 Å². The molecule has 0 fully saturated rings. The van der Waals surface area contributed by atoms with Crippen molar-refractivity contribution in [2.45, 2.75) is 12.5 Å². The Hall–Kier alpha value is -3.29. The zero-order valence-electron chi connectivity index (χ0n) is 12.5. The number of rotatable bonds is 3. The second-order valence-electron chi connectivity index (χ2n) is 5.24. The molecule has 4 heterocycles. The maximum Gasteiger partial charge on any atom is 0.270 e. The lowest BCUT2D eigenvalue weighted by Gasteiger charge is -2.25. The maximum atomic E-state index is 12.4. The highest BCUT2D eigenvalue weighted by molar-refractivity contribution is 5.92. The lowest BCUT2D eigenvalue weighted by Crippen LogP contribution is -2.33. The Morgan fingerprint density at radius 1 is 1.21 bits per heavy atom. The SMILES string of the molecule is O=C(NC1CCOc2cccnc21)c1ccc(-c2ncon2)cn1. The number of carbonyl (C=O) groups is 1. The molecule has 1 aliphatic rings. The number of amides is 1. The van der Waals surface area contributed by atoms with Crippen molar-refractivity contribution in [2.75, 3.05) is 6.61 Å². The molecule has 1 unspecified atom stereocenters. The van der Waals surface area contributed by atoms with Crippen molar-refractivity contribution in [2.24, 2.45) is 0 Å². The van der Waals surface area contributed by atoms with Crippen LogP contribution in [-0.2, 0) is 0 Å². The molecular formula is C16H13N5O3. The van der Waals surface area contributed by atoms with E-state index < -0.39 is 0 Å². The van der Waals surface area contributed by atoms with Gasteiger partial charge < -0.3 is 14.6 Å². The van der Waals surface area contributed by atoms with E-state index in [4.69, 9.17) is 9.26 Å². The number of ether oxygens (including phenoxy) is 1. The van der Waals surface area contributed by atoms with Gasteiger partial charge >= 0.3 is 0 Å². The molecule has 1 N–H and O–H groups in total. The Morgan fingerprint density at radius 2 is 2.17 bits per heavy atom. The zero-order chi connectivity index (χ0) is 16.4. The second-order valence-corrected chi connectivity index (χ2v) is 5.24. The van der Waals surface area contributed by atoms with Gasteiger partial charge in [-0.3, -0.25) is 14.8 Å². The van der Waals surface area contributed by atoms with Crippen LogP contribution in [0, 0.1) is 0 Å². The van der Waals surface area contributed by atoms with Gasteiger partial charge in [-0.25, -0.2) is 0 Å². The highest BCUT2D eigenvalue weighted by Crippen LogP contribution is 2.29. The minimum Gasteiger partial charge on any atom is -0.491 e. The summed E-state index contributed by atoms with van der Waals surface area (Å²) >= 11 is 0. The molecular weight excluding hydrogens is 310 g/mol. The molecule has 1 amide bonds. The van der Waals surface area contributed by atoms with Crippen molar-refractivity contribution in [3.05, 3.63) is 54.4 Å². The van der Waals surface area contributed by atoms with Crippen molar-refractivity contribution in [1.29, 1.82) is 0 Å². The fraction of sp³-hybridized carbons (Fsp3) is 0.188. The quantitative estimate of drug-likeness (QED) is 0.783. The summed E-state index contributed by atoms with van der Waals surface area (Å²) in [4.78, 5) is 24.8. The average Bonchev–Trinajstić information content (AvgIpc) is 3.17. The summed E-state index contributed by atoms with van der Waals surface area (Å²) in [7, 11) is 0. The Kier molecular flexibility index (Phi) is 3.62. The van der Waals surface area contributed by atoms with Gasteiger partial charge in [-0.15, -0.1) is 0 Å². The first-order chi connectivity index (χ1) is 11.8. The molecule has 1 aliphatic heterocycles. The molecule has 0 radical (unpaired) electrons. The fourth-order valence-electron chi connectivity index (χ4n) is 2.54. The third-order valence-electron chi connectivity index (χ3n) is 3.71. The molecule has 8 heteroatoms. The van der Waals surface area contributed by atoms with Crippen LogP contribution in [0.25, 0.3) is 11.4 Å². The molecule has 0 saturated carbocycles. The number of carbonyl (C=O) groups excluding carboxylic acids is 1. The van der Waals surface area contributed by atoms with Gasteiger partial charge in [0, 0.05) is 24.4 Å². The van der Waals surface area contributed by atoms with E-state index in [1.165, 1.54) is 12.6 Å². The molecule has 0 aromatic carbocycles. The van der Waals surface area contributed by atoms with Gasteiger partial charge in [0.25, 0.3) is 5.91 Å². The number of fused-ring (bicyclic) bond motifs is 1. The number of hydrogen-bond donors (Lipinski definition) is 1. The topological polar surface area (TPSA) is 103 Å². The Morgan fingerprint density at radius 3 is 2.96 bits per heavy atom. The van der Waals surface area contributed by atoms with Crippen LogP contribution in [-0.4, -0.2) is 32.6 Å². The molecule has 0 spiro atoms. The van der Waals surface area contributed by atoms with Gasteiger partial charge in [-0.1, -0.05) is 5.16 Å². The lowest BCUT2D eigenvalue weighted by atomic mass is 10.1. The highest BCUT2D eigenvalue weighted by atomic mass is 16.5. The van der Waals surface area contributed by atoms with Crippen LogP contribution in [0.5, 0.6) is 5.75 Å². The third kappa shape index (κ3) is 2.69. The third-order valence-corrected chi connectivity index (χ3v) is 3.71. The molecule has 24 heavy (non-hydrogen) atoms. The highest BCUT2D eigenvalue weighted by Gasteiger charge is 2.25. The smallest absolute Gasteiger partial charge is 0.270 e. The van der Waals surface area contributed by atoms with E-state index in [1.54, 1.807) is 24.4 Å². The van der Waals surface area contributed by atoms with Gasteiger partial charge in [-0.2, -0.15) is 4.98 Å². The first-order valence-corrected chi connectivity index (χ1v) is 7.42. The van der Waals surface area contributed by atoms with Crippen LogP contribution in [0.15, 0.2) is 47.6 Å². The van der Waals surface area contributed by atoms with Crippen molar-refractivity contribution in [3.63, 3.8) is 0 Å². The molecule has 3 aromatic heterocycles. The lowest BCUT2D eigenvalue weighted by molar-refractivity contribution is 0.0918. The Bertz CT molecular complexity index is 848. The molecule has 0 saturated heterocycles. The number of aromatic nitrogens is 4. The molecule has 1 atom stereocenters. The van der Waals surface area contributed by atoms with Crippen molar-refractivity contribution >= 4 is 5.91 Å². The summed E-state index contributed by atoms with van der Waals surface area (Å²) in [5.74, 6) is 0.865. The minimum absolute atomic E-state index is 0.193. The average molecular weight is 323 g/mol. The van der Waals surface area contributed by atoms with Crippen LogP contribution in [0.4, 0.5) is 0 Å². The number of pyridine rings is 2. The van der Waals surface area contributed by atoms with Crippen molar-refractivity contribution < 1.29 is 14.1 Å². The van der Waals surface area contributed by atoms with Crippen LogP contribution in [0.3, 0.4) is 0 Å². The Balaban J connectivity index is 1.51. The predicted molar refractivity (Wildman–Crippen MR) is 82.1 cm³/mol.